The lowest BCUT2D eigenvalue weighted by molar-refractivity contribution is 0.102. The van der Waals surface area contributed by atoms with Gasteiger partial charge in [-0.25, -0.2) is 18.3 Å². The van der Waals surface area contributed by atoms with Gasteiger partial charge in [-0.2, -0.15) is 5.10 Å². The summed E-state index contributed by atoms with van der Waals surface area (Å²) >= 11 is 0. The number of aromatic nitrogens is 3. The highest BCUT2D eigenvalue weighted by Gasteiger charge is 2.30. The van der Waals surface area contributed by atoms with Crippen molar-refractivity contribution in [3.8, 4) is 0 Å². The summed E-state index contributed by atoms with van der Waals surface area (Å²) in [6.07, 6.45) is 4.86. The van der Waals surface area contributed by atoms with Gasteiger partial charge in [0.05, 0.1) is 12.2 Å². The van der Waals surface area contributed by atoms with Crippen LogP contribution in [0, 0.1) is 18.6 Å². The number of piperazine rings is 1. The number of aryl methyl sites for hydroxylation is 1. The van der Waals surface area contributed by atoms with Crippen LogP contribution in [0.2, 0.25) is 0 Å². The van der Waals surface area contributed by atoms with E-state index in [1.807, 2.05) is 36.1 Å². The molecule has 6 rings (SSSR count). The van der Waals surface area contributed by atoms with Crippen molar-refractivity contribution in [1.82, 2.24) is 19.5 Å². The van der Waals surface area contributed by atoms with Crippen molar-refractivity contribution in [3.05, 3.63) is 83.2 Å². The third-order valence-corrected chi connectivity index (χ3v) is 7.77. The minimum Gasteiger partial charge on any atom is -0.369 e. The molecule has 2 aromatic carbocycles. The number of anilines is 3. The highest BCUT2D eigenvalue weighted by molar-refractivity contribution is 6.06. The zero-order chi connectivity index (χ0) is 27.1. The first kappa shape index (κ1) is 25.2. The van der Waals surface area contributed by atoms with Gasteiger partial charge in [-0.1, -0.05) is 0 Å². The van der Waals surface area contributed by atoms with Gasteiger partial charge < -0.3 is 20.0 Å². The Kier molecular flexibility index (Phi) is 6.64. The number of halogens is 2. The summed E-state index contributed by atoms with van der Waals surface area (Å²) in [5.41, 5.74) is 4.05. The average molecular weight is 532 g/mol. The molecule has 2 aromatic heterocycles. The molecule has 10 heteroatoms. The van der Waals surface area contributed by atoms with Crippen molar-refractivity contribution in [2.75, 3.05) is 54.9 Å². The standard InChI is InChI=1S/C29H31F2N7O/c1-19-16-20(5-8-25(19)36-14-12-35(2)13-15-36)29(39)33-24-18-32-38-11-9-27(34-28(24)38)37-10-3-4-26(37)22-17-21(30)6-7-23(22)31/h5-9,11,16-18,26H,3-4,10,12-15H2,1-2H3,(H,33,39)/t26-/m1/s1. The molecule has 1 N–H and O–H groups in total. The fourth-order valence-corrected chi connectivity index (χ4v) is 5.64. The maximum absolute atomic E-state index is 14.6. The molecule has 8 nitrogen and oxygen atoms in total. The van der Waals surface area contributed by atoms with E-state index in [2.05, 4.69) is 27.3 Å². The summed E-state index contributed by atoms with van der Waals surface area (Å²) in [4.78, 5) is 24.6. The summed E-state index contributed by atoms with van der Waals surface area (Å²) in [6, 6.07) is 10.8. The summed E-state index contributed by atoms with van der Waals surface area (Å²) in [5, 5.41) is 7.29. The third-order valence-electron chi connectivity index (χ3n) is 7.77. The molecule has 0 unspecified atom stereocenters. The van der Waals surface area contributed by atoms with Gasteiger partial charge in [0.25, 0.3) is 5.91 Å². The van der Waals surface area contributed by atoms with Crippen LogP contribution in [0.1, 0.15) is 40.4 Å². The number of carbonyl (C=O) groups excluding carboxylic acids is 1. The molecule has 1 amide bonds. The van der Waals surface area contributed by atoms with Crippen LogP contribution in [0.4, 0.5) is 26.0 Å². The van der Waals surface area contributed by atoms with Gasteiger partial charge in [-0.05, 0) is 74.8 Å². The molecule has 4 heterocycles. The molecular weight excluding hydrogens is 500 g/mol. The Morgan fingerprint density at radius 3 is 2.64 bits per heavy atom. The van der Waals surface area contributed by atoms with E-state index in [0.29, 0.717) is 41.2 Å². The minimum atomic E-state index is -0.464. The molecule has 0 bridgehead atoms. The van der Waals surface area contributed by atoms with Gasteiger partial charge in [0.2, 0.25) is 0 Å². The smallest absolute Gasteiger partial charge is 0.255 e. The normalized spacial score (nSPS) is 18.2. The van der Waals surface area contributed by atoms with Gasteiger partial charge in [-0.15, -0.1) is 0 Å². The first-order valence-electron chi connectivity index (χ1n) is 13.3. The maximum atomic E-state index is 14.6. The molecule has 2 aliphatic heterocycles. The molecule has 0 aliphatic carbocycles. The molecule has 202 valence electrons. The Balaban J connectivity index is 1.23. The van der Waals surface area contributed by atoms with Crippen LogP contribution in [0.3, 0.4) is 0 Å². The second kappa shape index (κ2) is 10.3. The lowest BCUT2D eigenvalue weighted by Crippen LogP contribution is -2.44. The first-order valence-corrected chi connectivity index (χ1v) is 13.3. The fourth-order valence-electron chi connectivity index (χ4n) is 5.64. The fraction of sp³-hybridized carbons (Fsp3) is 0.345. The summed E-state index contributed by atoms with van der Waals surface area (Å²) < 4.78 is 30.1. The van der Waals surface area contributed by atoms with Crippen molar-refractivity contribution in [1.29, 1.82) is 0 Å². The van der Waals surface area contributed by atoms with Crippen molar-refractivity contribution in [2.45, 2.75) is 25.8 Å². The monoisotopic (exact) mass is 531 g/mol. The van der Waals surface area contributed by atoms with Gasteiger partial charge >= 0.3 is 0 Å². The Labute approximate surface area is 225 Å². The predicted molar refractivity (Wildman–Crippen MR) is 148 cm³/mol. The topological polar surface area (TPSA) is 69.0 Å². The van der Waals surface area contributed by atoms with E-state index >= 15 is 0 Å². The third kappa shape index (κ3) is 4.92. The lowest BCUT2D eigenvalue weighted by Gasteiger charge is -2.35. The summed E-state index contributed by atoms with van der Waals surface area (Å²) in [7, 11) is 2.13. The molecule has 0 radical (unpaired) electrons. The number of hydrogen-bond acceptors (Lipinski definition) is 6. The molecule has 2 saturated heterocycles. The van der Waals surface area contributed by atoms with Crippen molar-refractivity contribution in [2.24, 2.45) is 0 Å². The van der Waals surface area contributed by atoms with Crippen molar-refractivity contribution in [3.63, 3.8) is 0 Å². The number of likely N-dealkylation sites (N-methyl/N-ethyl adjacent to an activating group) is 1. The quantitative estimate of drug-likeness (QED) is 0.404. The maximum Gasteiger partial charge on any atom is 0.255 e. The van der Waals surface area contributed by atoms with Crippen LogP contribution in [0.15, 0.2) is 54.9 Å². The molecule has 1 atom stereocenters. The zero-order valence-corrected chi connectivity index (χ0v) is 22.1. The van der Waals surface area contributed by atoms with E-state index in [4.69, 9.17) is 4.98 Å². The van der Waals surface area contributed by atoms with Gasteiger partial charge in [0.1, 0.15) is 23.1 Å². The average Bonchev–Trinajstić information content (AvgIpc) is 3.58. The van der Waals surface area contributed by atoms with Crippen LogP contribution in [0.5, 0.6) is 0 Å². The van der Waals surface area contributed by atoms with Crippen LogP contribution in [-0.4, -0.2) is 65.2 Å². The molecule has 0 saturated carbocycles. The van der Waals surface area contributed by atoms with E-state index in [1.54, 1.807) is 16.9 Å². The number of amides is 1. The van der Waals surface area contributed by atoms with E-state index in [-0.39, 0.29) is 11.9 Å². The van der Waals surface area contributed by atoms with E-state index in [9.17, 15) is 13.6 Å². The molecule has 39 heavy (non-hydrogen) atoms. The number of fused-ring (bicyclic) bond motifs is 1. The SMILES string of the molecule is Cc1cc(C(=O)Nc2cnn3ccc(N4CCC[C@@H]4c4cc(F)ccc4F)nc23)ccc1N1CCN(C)CC1. The van der Waals surface area contributed by atoms with Gasteiger partial charge in [0, 0.05) is 55.7 Å². The Morgan fingerprint density at radius 2 is 1.85 bits per heavy atom. The lowest BCUT2D eigenvalue weighted by atomic mass is 10.0. The molecule has 2 aliphatic rings. The number of carbonyl (C=O) groups is 1. The number of benzene rings is 2. The summed E-state index contributed by atoms with van der Waals surface area (Å²) in [6.45, 7) is 6.65. The van der Waals surface area contributed by atoms with Crippen LogP contribution in [0.25, 0.3) is 5.65 Å². The zero-order valence-electron chi connectivity index (χ0n) is 22.1. The Bertz CT molecular complexity index is 1530. The minimum absolute atomic E-state index is 0.244. The highest BCUT2D eigenvalue weighted by Crippen LogP contribution is 2.37. The molecular formula is C29H31F2N7O. The Hall–Kier alpha value is -4.05. The number of hydrogen-bond donors (Lipinski definition) is 1. The second-order valence-corrected chi connectivity index (χ2v) is 10.4. The summed E-state index contributed by atoms with van der Waals surface area (Å²) in [5.74, 6) is -0.516. The van der Waals surface area contributed by atoms with E-state index in [1.165, 1.54) is 12.1 Å². The van der Waals surface area contributed by atoms with Gasteiger partial charge in [0.15, 0.2) is 5.65 Å². The van der Waals surface area contributed by atoms with Crippen molar-refractivity contribution < 1.29 is 13.6 Å². The largest absolute Gasteiger partial charge is 0.369 e. The van der Waals surface area contributed by atoms with Crippen LogP contribution >= 0.6 is 0 Å². The Morgan fingerprint density at radius 1 is 1.03 bits per heavy atom. The predicted octanol–water partition coefficient (Wildman–Crippen LogP) is 4.66. The second-order valence-electron chi connectivity index (χ2n) is 10.4. The van der Waals surface area contributed by atoms with Crippen molar-refractivity contribution >= 4 is 28.7 Å². The number of nitrogens with one attached hydrogen (secondary N) is 1. The van der Waals surface area contributed by atoms with E-state index in [0.717, 1.165) is 49.9 Å². The highest BCUT2D eigenvalue weighted by atomic mass is 19.1. The molecule has 4 aromatic rings. The number of nitrogens with zero attached hydrogens (tertiary/aromatic N) is 6. The molecule has 2 fully saturated rings. The number of rotatable bonds is 5. The van der Waals surface area contributed by atoms with Crippen LogP contribution in [-0.2, 0) is 0 Å². The van der Waals surface area contributed by atoms with E-state index < -0.39 is 11.6 Å². The van der Waals surface area contributed by atoms with Gasteiger partial charge in [-0.3, -0.25) is 4.79 Å². The first-order chi connectivity index (χ1) is 18.9. The van der Waals surface area contributed by atoms with Crippen LogP contribution < -0.4 is 15.1 Å². The molecule has 0 spiro atoms.